The molecule has 0 saturated carbocycles. The van der Waals surface area contributed by atoms with E-state index in [-0.39, 0.29) is 0 Å². The van der Waals surface area contributed by atoms with Gasteiger partial charge in [0.15, 0.2) is 0 Å². The van der Waals surface area contributed by atoms with Crippen LogP contribution in [0.3, 0.4) is 0 Å². The molecule has 0 amide bonds. The van der Waals surface area contributed by atoms with Gasteiger partial charge >= 0.3 is 0 Å². The van der Waals surface area contributed by atoms with Gasteiger partial charge in [-0.15, -0.1) is 11.8 Å². The lowest BCUT2D eigenvalue weighted by Crippen LogP contribution is -1.97. The summed E-state index contributed by atoms with van der Waals surface area (Å²) in [6.45, 7) is 4.34. The average Bonchev–Trinajstić information content (AvgIpc) is 2.72. The third kappa shape index (κ3) is 24.7. The fraction of sp³-hybridized carbons (Fsp3) is 0.750. The fourth-order valence-corrected chi connectivity index (χ4v) is 3.36. The molecule has 0 atom stereocenters. The van der Waals surface area contributed by atoms with Gasteiger partial charge in [-0.1, -0.05) is 83.1 Å². The molecule has 1 heteroatoms. The summed E-state index contributed by atoms with van der Waals surface area (Å²) < 4.78 is 0. The molecule has 0 heterocycles. The second-order valence-electron chi connectivity index (χ2n) is 8.14. The summed E-state index contributed by atoms with van der Waals surface area (Å²) in [5.41, 5.74) is 0. The molecule has 0 unspecified atom stereocenters. The highest BCUT2D eigenvalue weighted by Gasteiger charge is 2.01. The maximum absolute atomic E-state index is 11.9. The predicted octanol–water partition coefficient (Wildman–Crippen LogP) is 9.12. The summed E-state index contributed by atoms with van der Waals surface area (Å²) in [7, 11) is 0. The largest absolute Gasteiger partial charge is 0.300 e. The highest BCUT2D eigenvalue weighted by atomic mass is 16.1. The Morgan fingerprint density at radius 2 is 1.17 bits per heavy atom. The zero-order valence-corrected chi connectivity index (χ0v) is 19.7. The number of allylic oxidation sites excluding steroid dienone is 4. The lowest BCUT2D eigenvalue weighted by molar-refractivity contribution is -0.119. The fourth-order valence-electron chi connectivity index (χ4n) is 3.36. The van der Waals surface area contributed by atoms with E-state index in [9.17, 15) is 4.79 Å². The molecule has 0 fully saturated rings. The molecule has 1 nitrogen and oxygen atoms in total. The third-order valence-electron chi connectivity index (χ3n) is 5.22. The predicted molar refractivity (Wildman–Crippen MR) is 130 cm³/mol. The summed E-state index contributed by atoms with van der Waals surface area (Å²) >= 11 is 0. The molecule has 0 aliphatic rings. The summed E-state index contributed by atoms with van der Waals surface area (Å²) in [6, 6.07) is 0. The Kier molecular flexibility index (Phi) is 23.6. The summed E-state index contributed by atoms with van der Waals surface area (Å²) in [4.78, 5) is 11.9. The van der Waals surface area contributed by atoms with Gasteiger partial charge in [0.2, 0.25) is 0 Å². The number of unbranched alkanes of at least 4 members (excludes halogenated alkanes) is 12. The maximum atomic E-state index is 11.9. The number of hydrogen-bond donors (Lipinski definition) is 0. The molecule has 0 rings (SSSR count). The molecule has 0 saturated heterocycles. The molecular formula is C28H48O. The van der Waals surface area contributed by atoms with Crippen LogP contribution in [0.1, 0.15) is 136 Å². The van der Waals surface area contributed by atoms with Gasteiger partial charge in [0.05, 0.1) is 0 Å². The molecule has 166 valence electrons. The lowest BCUT2D eigenvalue weighted by atomic mass is 10.0. The quantitative estimate of drug-likeness (QED) is 0.113. The van der Waals surface area contributed by atoms with Gasteiger partial charge in [0.25, 0.3) is 0 Å². The average molecular weight is 401 g/mol. The molecule has 0 bridgehead atoms. The van der Waals surface area contributed by atoms with Gasteiger partial charge in [-0.2, -0.15) is 0 Å². The molecule has 0 aliphatic heterocycles. The smallest absolute Gasteiger partial charge is 0.132 e. The molecule has 0 aromatic carbocycles. The number of Topliss-reactive ketones (excluding diaryl/α,β-unsaturated/α-hetero) is 1. The van der Waals surface area contributed by atoms with Crippen molar-refractivity contribution in [2.45, 2.75) is 136 Å². The van der Waals surface area contributed by atoms with Crippen LogP contribution in [0.5, 0.6) is 0 Å². The summed E-state index contributed by atoms with van der Waals surface area (Å²) in [5, 5.41) is 0. The van der Waals surface area contributed by atoms with Gasteiger partial charge < -0.3 is 0 Å². The second kappa shape index (κ2) is 24.7. The molecule has 0 radical (unpaired) electrons. The number of carbonyl (C=O) groups excluding carboxylic acids is 1. The highest BCUT2D eigenvalue weighted by molar-refractivity contribution is 5.78. The second-order valence-corrected chi connectivity index (χ2v) is 8.14. The Labute approximate surface area is 182 Å². The van der Waals surface area contributed by atoms with Crippen LogP contribution in [0.2, 0.25) is 0 Å². The molecule has 29 heavy (non-hydrogen) atoms. The van der Waals surface area contributed by atoms with Crippen molar-refractivity contribution in [1.82, 2.24) is 0 Å². The van der Waals surface area contributed by atoms with E-state index in [1.807, 2.05) is 0 Å². The van der Waals surface area contributed by atoms with E-state index in [1.54, 1.807) is 0 Å². The molecule has 0 aliphatic carbocycles. The monoisotopic (exact) mass is 400 g/mol. The minimum atomic E-state index is 0.474. The van der Waals surface area contributed by atoms with Crippen LogP contribution >= 0.6 is 0 Å². The Balaban J connectivity index is 3.29. The molecule has 0 aromatic rings. The van der Waals surface area contributed by atoms with Crippen molar-refractivity contribution in [2.75, 3.05) is 0 Å². The minimum absolute atomic E-state index is 0.474. The van der Waals surface area contributed by atoms with E-state index in [2.05, 4.69) is 50.0 Å². The van der Waals surface area contributed by atoms with Gasteiger partial charge in [-0.25, -0.2) is 0 Å². The molecule has 0 N–H and O–H groups in total. The van der Waals surface area contributed by atoms with E-state index in [4.69, 9.17) is 0 Å². The first-order chi connectivity index (χ1) is 14.3. The van der Waals surface area contributed by atoms with Crippen LogP contribution < -0.4 is 0 Å². The number of hydrogen-bond acceptors (Lipinski definition) is 1. The van der Waals surface area contributed by atoms with Crippen molar-refractivity contribution in [3.63, 3.8) is 0 Å². The van der Waals surface area contributed by atoms with E-state index in [0.29, 0.717) is 5.78 Å². The zero-order chi connectivity index (χ0) is 21.3. The Hall–Kier alpha value is -1.29. The maximum Gasteiger partial charge on any atom is 0.132 e. The van der Waals surface area contributed by atoms with Crippen molar-refractivity contribution in [2.24, 2.45) is 0 Å². The number of carbonyl (C=O) groups is 1. The zero-order valence-electron chi connectivity index (χ0n) is 19.7. The number of ketones is 1. The van der Waals surface area contributed by atoms with Crippen LogP contribution in [-0.4, -0.2) is 5.78 Å². The van der Waals surface area contributed by atoms with E-state index >= 15 is 0 Å². The van der Waals surface area contributed by atoms with E-state index in [1.165, 1.54) is 77.0 Å². The van der Waals surface area contributed by atoms with Crippen LogP contribution in [0.15, 0.2) is 24.3 Å². The van der Waals surface area contributed by atoms with Gasteiger partial charge in [-0.3, -0.25) is 4.79 Å². The normalized spacial score (nSPS) is 11.2. The van der Waals surface area contributed by atoms with Crippen molar-refractivity contribution in [1.29, 1.82) is 0 Å². The van der Waals surface area contributed by atoms with Crippen molar-refractivity contribution >= 4 is 5.78 Å². The Morgan fingerprint density at radius 1 is 0.621 bits per heavy atom. The van der Waals surface area contributed by atoms with Crippen LogP contribution in [-0.2, 0) is 4.79 Å². The standard InChI is InChI=1S/C28H48O/c1-3-5-7-9-11-13-14-15-16-17-18-19-21-23-25-27-28(29)26-24-22-20-12-10-8-6-4-2/h11,13,15-16H,3-5,7,9-10,12,14,17-27H2,1-2H3/b13-11-,16-15-. The SMILES string of the molecule is CCC#CCCCCCCC(=O)CCCCCCC/C=C\C/C=C\CCCCC. The highest BCUT2D eigenvalue weighted by Crippen LogP contribution is 2.11. The van der Waals surface area contributed by atoms with Crippen molar-refractivity contribution in [3.05, 3.63) is 24.3 Å². The summed E-state index contributed by atoms with van der Waals surface area (Å²) in [5.74, 6) is 6.77. The minimum Gasteiger partial charge on any atom is -0.300 e. The van der Waals surface area contributed by atoms with Crippen molar-refractivity contribution in [3.8, 4) is 11.8 Å². The van der Waals surface area contributed by atoms with Crippen LogP contribution in [0.25, 0.3) is 0 Å². The van der Waals surface area contributed by atoms with Crippen molar-refractivity contribution < 1.29 is 4.79 Å². The summed E-state index contributed by atoms with van der Waals surface area (Å²) in [6.07, 6.45) is 31.1. The van der Waals surface area contributed by atoms with Gasteiger partial charge in [0, 0.05) is 25.7 Å². The number of rotatable bonds is 20. The van der Waals surface area contributed by atoms with E-state index in [0.717, 1.165) is 44.9 Å². The first-order valence-corrected chi connectivity index (χ1v) is 12.6. The van der Waals surface area contributed by atoms with Gasteiger partial charge in [0.1, 0.15) is 5.78 Å². The van der Waals surface area contributed by atoms with Crippen LogP contribution in [0, 0.1) is 11.8 Å². The van der Waals surface area contributed by atoms with Crippen LogP contribution in [0.4, 0.5) is 0 Å². The van der Waals surface area contributed by atoms with Gasteiger partial charge in [-0.05, 0) is 51.4 Å². The molecular weight excluding hydrogens is 352 g/mol. The molecule has 0 aromatic heterocycles. The Morgan fingerprint density at radius 3 is 1.79 bits per heavy atom. The first-order valence-electron chi connectivity index (χ1n) is 12.6. The first kappa shape index (κ1) is 27.7. The topological polar surface area (TPSA) is 17.1 Å². The third-order valence-corrected chi connectivity index (χ3v) is 5.22. The lowest BCUT2D eigenvalue weighted by Gasteiger charge is -2.02. The Bertz CT molecular complexity index is 460. The van der Waals surface area contributed by atoms with E-state index < -0.39 is 0 Å². The molecule has 0 spiro atoms.